The standard InChI is InChI=1S/C18H20Cl2N2O3S/c1-13(18-15(19)9-6-10-16(18)20)11-21-17(23)12-22(2)26(24,25)14-7-4-3-5-8-14/h3-10,13H,11-12H2,1-2H3,(H,21,23). The number of hydrogen-bond acceptors (Lipinski definition) is 3. The van der Waals surface area contributed by atoms with E-state index in [2.05, 4.69) is 5.32 Å². The van der Waals surface area contributed by atoms with E-state index in [1.165, 1.54) is 19.2 Å². The molecule has 0 aliphatic rings. The number of rotatable bonds is 7. The van der Waals surface area contributed by atoms with Crippen LogP contribution >= 0.6 is 23.2 Å². The second-order valence-corrected chi connectivity index (χ2v) is 8.77. The second kappa shape index (κ2) is 8.86. The first-order valence-corrected chi connectivity index (χ1v) is 10.1. The minimum atomic E-state index is -3.71. The summed E-state index contributed by atoms with van der Waals surface area (Å²) in [4.78, 5) is 12.3. The van der Waals surface area contributed by atoms with Gasteiger partial charge in [0.1, 0.15) is 0 Å². The molecule has 8 heteroatoms. The number of carbonyl (C=O) groups is 1. The van der Waals surface area contributed by atoms with Gasteiger partial charge >= 0.3 is 0 Å². The zero-order valence-corrected chi connectivity index (χ0v) is 16.8. The van der Waals surface area contributed by atoms with Crippen molar-refractivity contribution >= 4 is 39.1 Å². The van der Waals surface area contributed by atoms with Gasteiger partial charge in [0.05, 0.1) is 11.4 Å². The van der Waals surface area contributed by atoms with Crippen LogP contribution in [-0.4, -0.2) is 38.8 Å². The van der Waals surface area contributed by atoms with Gasteiger partial charge < -0.3 is 5.32 Å². The second-order valence-electron chi connectivity index (χ2n) is 5.91. The molecule has 140 valence electrons. The largest absolute Gasteiger partial charge is 0.354 e. The number of carbonyl (C=O) groups excluding carboxylic acids is 1. The van der Waals surface area contributed by atoms with Gasteiger partial charge in [-0.25, -0.2) is 8.42 Å². The molecule has 1 atom stereocenters. The van der Waals surface area contributed by atoms with Crippen molar-refractivity contribution in [2.45, 2.75) is 17.7 Å². The van der Waals surface area contributed by atoms with E-state index in [0.717, 1.165) is 9.87 Å². The first kappa shape index (κ1) is 20.7. The Labute approximate surface area is 164 Å². The third-order valence-corrected chi connectivity index (χ3v) is 6.39. The molecule has 0 aliphatic carbocycles. The first-order chi connectivity index (χ1) is 12.2. The van der Waals surface area contributed by atoms with Crippen molar-refractivity contribution in [3.8, 4) is 0 Å². The molecule has 2 aromatic carbocycles. The molecule has 2 rings (SSSR count). The van der Waals surface area contributed by atoms with E-state index in [0.29, 0.717) is 16.6 Å². The number of likely N-dealkylation sites (N-methyl/N-ethyl adjacent to an activating group) is 1. The lowest BCUT2D eigenvalue weighted by molar-refractivity contribution is -0.121. The Hall–Kier alpha value is -1.60. The van der Waals surface area contributed by atoms with Crippen molar-refractivity contribution in [3.05, 3.63) is 64.1 Å². The van der Waals surface area contributed by atoms with Gasteiger partial charge in [-0.2, -0.15) is 4.31 Å². The fraction of sp³-hybridized carbons (Fsp3) is 0.278. The molecule has 26 heavy (non-hydrogen) atoms. The predicted octanol–water partition coefficient (Wildman–Crippen LogP) is 3.53. The van der Waals surface area contributed by atoms with Gasteiger partial charge in [0.15, 0.2) is 0 Å². The molecule has 1 N–H and O–H groups in total. The monoisotopic (exact) mass is 414 g/mol. The summed E-state index contributed by atoms with van der Waals surface area (Å²) in [6.07, 6.45) is 0. The summed E-state index contributed by atoms with van der Waals surface area (Å²) in [6.45, 7) is 1.90. The van der Waals surface area contributed by atoms with Gasteiger partial charge in [-0.05, 0) is 29.8 Å². The molecule has 5 nitrogen and oxygen atoms in total. The van der Waals surface area contributed by atoms with Crippen LogP contribution in [0.5, 0.6) is 0 Å². The van der Waals surface area contributed by atoms with Crippen molar-refractivity contribution in [2.75, 3.05) is 20.1 Å². The Kier molecular flexibility index (Phi) is 7.06. The highest BCUT2D eigenvalue weighted by Crippen LogP contribution is 2.30. The molecule has 2 aromatic rings. The number of halogens is 2. The van der Waals surface area contributed by atoms with Gasteiger partial charge in [-0.3, -0.25) is 4.79 Å². The van der Waals surface area contributed by atoms with Crippen molar-refractivity contribution in [1.29, 1.82) is 0 Å². The summed E-state index contributed by atoms with van der Waals surface area (Å²) < 4.78 is 25.9. The molecule has 0 aliphatic heterocycles. The van der Waals surface area contributed by atoms with Gasteiger partial charge in [0.2, 0.25) is 15.9 Å². The van der Waals surface area contributed by atoms with Crippen LogP contribution in [0, 0.1) is 0 Å². The van der Waals surface area contributed by atoms with E-state index in [-0.39, 0.29) is 17.4 Å². The Morgan fingerprint density at radius 3 is 2.23 bits per heavy atom. The molecule has 0 aromatic heterocycles. The third-order valence-electron chi connectivity index (χ3n) is 3.92. The maximum Gasteiger partial charge on any atom is 0.243 e. The lowest BCUT2D eigenvalue weighted by atomic mass is 10.0. The summed E-state index contributed by atoms with van der Waals surface area (Å²) in [5.41, 5.74) is 0.751. The molecule has 0 saturated heterocycles. The molecular weight excluding hydrogens is 395 g/mol. The van der Waals surface area contributed by atoms with Crippen LogP contribution in [0.4, 0.5) is 0 Å². The Bertz CT molecular complexity index is 853. The van der Waals surface area contributed by atoms with E-state index >= 15 is 0 Å². The van der Waals surface area contributed by atoms with Crippen LogP contribution in [0.15, 0.2) is 53.4 Å². The zero-order chi connectivity index (χ0) is 19.3. The van der Waals surface area contributed by atoms with Crippen LogP contribution in [0.2, 0.25) is 10.0 Å². The summed E-state index contributed by atoms with van der Waals surface area (Å²) in [7, 11) is -2.34. The summed E-state index contributed by atoms with van der Waals surface area (Å²) in [5, 5.41) is 3.79. The normalized spacial score (nSPS) is 12.8. The number of amides is 1. The number of sulfonamides is 1. The van der Waals surface area contributed by atoms with E-state index in [1.807, 2.05) is 6.92 Å². The van der Waals surface area contributed by atoms with Crippen LogP contribution in [0.25, 0.3) is 0 Å². The van der Waals surface area contributed by atoms with Gasteiger partial charge in [-0.15, -0.1) is 0 Å². The number of hydrogen-bond donors (Lipinski definition) is 1. The van der Waals surface area contributed by atoms with Gasteiger partial charge in [0.25, 0.3) is 0 Å². The lowest BCUT2D eigenvalue weighted by Gasteiger charge is -2.19. The van der Waals surface area contributed by atoms with Crippen LogP contribution in [-0.2, 0) is 14.8 Å². The molecule has 1 unspecified atom stereocenters. The summed E-state index contributed by atoms with van der Waals surface area (Å²) >= 11 is 12.3. The Morgan fingerprint density at radius 2 is 1.65 bits per heavy atom. The summed E-state index contributed by atoms with van der Waals surface area (Å²) in [6, 6.07) is 13.2. The van der Waals surface area contributed by atoms with Gasteiger partial charge in [0, 0.05) is 29.6 Å². The van der Waals surface area contributed by atoms with Crippen molar-refractivity contribution < 1.29 is 13.2 Å². The van der Waals surface area contributed by atoms with Crippen LogP contribution < -0.4 is 5.32 Å². The number of nitrogens with zero attached hydrogens (tertiary/aromatic N) is 1. The molecule has 1 amide bonds. The van der Waals surface area contributed by atoms with E-state index < -0.39 is 15.9 Å². The molecular formula is C18H20Cl2N2O3S. The molecule has 0 bridgehead atoms. The molecule has 0 spiro atoms. The molecule has 0 fully saturated rings. The van der Waals surface area contributed by atoms with E-state index in [9.17, 15) is 13.2 Å². The fourth-order valence-electron chi connectivity index (χ4n) is 2.47. The Morgan fingerprint density at radius 1 is 1.08 bits per heavy atom. The number of nitrogens with one attached hydrogen (secondary N) is 1. The molecule has 0 saturated carbocycles. The third kappa shape index (κ3) is 4.98. The lowest BCUT2D eigenvalue weighted by Crippen LogP contribution is -2.39. The highest BCUT2D eigenvalue weighted by Gasteiger charge is 2.23. The maximum atomic E-state index is 12.4. The van der Waals surface area contributed by atoms with Crippen LogP contribution in [0.1, 0.15) is 18.4 Å². The smallest absolute Gasteiger partial charge is 0.243 e. The average Bonchev–Trinajstić information content (AvgIpc) is 2.60. The van der Waals surface area contributed by atoms with Crippen molar-refractivity contribution in [1.82, 2.24) is 9.62 Å². The highest BCUT2D eigenvalue weighted by molar-refractivity contribution is 7.89. The van der Waals surface area contributed by atoms with Crippen molar-refractivity contribution in [3.63, 3.8) is 0 Å². The first-order valence-electron chi connectivity index (χ1n) is 7.95. The SMILES string of the molecule is CC(CNC(=O)CN(C)S(=O)(=O)c1ccccc1)c1c(Cl)cccc1Cl. The zero-order valence-electron chi connectivity index (χ0n) is 14.4. The quantitative estimate of drug-likeness (QED) is 0.753. The topological polar surface area (TPSA) is 66.5 Å². The minimum absolute atomic E-state index is 0.115. The van der Waals surface area contributed by atoms with E-state index in [1.54, 1.807) is 36.4 Å². The minimum Gasteiger partial charge on any atom is -0.354 e. The van der Waals surface area contributed by atoms with E-state index in [4.69, 9.17) is 23.2 Å². The average molecular weight is 415 g/mol. The van der Waals surface area contributed by atoms with Gasteiger partial charge in [-0.1, -0.05) is 54.4 Å². The highest BCUT2D eigenvalue weighted by atomic mass is 35.5. The summed E-state index contributed by atoms with van der Waals surface area (Å²) in [5.74, 6) is -0.516. The number of benzene rings is 2. The Balaban J connectivity index is 1.96. The van der Waals surface area contributed by atoms with Crippen LogP contribution in [0.3, 0.4) is 0 Å². The molecule has 0 heterocycles. The fourth-order valence-corrected chi connectivity index (χ4v) is 4.38. The maximum absolute atomic E-state index is 12.4. The molecule has 0 radical (unpaired) electrons. The van der Waals surface area contributed by atoms with Crippen molar-refractivity contribution in [2.24, 2.45) is 0 Å². The predicted molar refractivity (Wildman–Crippen MR) is 104 cm³/mol.